The molecule has 18 heavy (non-hydrogen) atoms. The number of ether oxygens (including phenoxy) is 2. The van der Waals surface area contributed by atoms with Crippen LogP contribution in [0.25, 0.3) is 0 Å². The van der Waals surface area contributed by atoms with Gasteiger partial charge in [-0.05, 0) is 36.8 Å². The zero-order valence-electron chi connectivity index (χ0n) is 10.7. The van der Waals surface area contributed by atoms with Gasteiger partial charge in [0.15, 0.2) is 0 Å². The Labute approximate surface area is 108 Å². The average molecular weight is 247 g/mol. The molecule has 1 fully saturated rings. The van der Waals surface area contributed by atoms with Crippen LogP contribution in [0.3, 0.4) is 0 Å². The number of aryl methyl sites for hydroxylation is 1. The van der Waals surface area contributed by atoms with E-state index in [2.05, 4.69) is 29.6 Å². The molecule has 2 unspecified atom stereocenters. The molecule has 3 rings (SSSR count). The van der Waals surface area contributed by atoms with E-state index < -0.39 is 0 Å². The standard InChI is InChI=1S/C15H21NO2/c1-2-4-13-9-14(6-5-12(13)3-1)16-10-15-7-8-17-11-18-15/h1-4,14-16H,5-11H2. The fourth-order valence-electron chi connectivity index (χ4n) is 2.83. The number of rotatable bonds is 3. The molecule has 0 radical (unpaired) electrons. The first kappa shape index (κ1) is 12.2. The third-order valence-corrected chi connectivity index (χ3v) is 3.95. The summed E-state index contributed by atoms with van der Waals surface area (Å²) >= 11 is 0. The number of nitrogens with one attached hydrogen (secondary N) is 1. The second-order valence-electron chi connectivity index (χ2n) is 5.22. The van der Waals surface area contributed by atoms with E-state index in [0.717, 1.165) is 26.0 Å². The first-order valence-corrected chi connectivity index (χ1v) is 6.91. The lowest BCUT2D eigenvalue weighted by atomic mass is 9.88. The van der Waals surface area contributed by atoms with Gasteiger partial charge in [0.2, 0.25) is 0 Å². The van der Waals surface area contributed by atoms with Gasteiger partial charge in [-0.1, -0.05) is 24.3 Å². The SMILES string of the molecule is c1ccc2c(c1)CCC(NCC1CCOCO1)C2. The van der Waals surface area contributed by atoms with Crippen molar-refractivity contribution in [1.29, 1.82) is 0 Å². The van der Waals surface area contributed by atoms with Crippen molar-refractivity contribution in [3.8, 4) is 0 Å². The minimum absolute atomic E-state index is 0.330. The molecule has 2 aliphatic rings. The quantitative estimate of drug-likeness (QED) is 0.885. The highest BCUT2D eigenvalue weighted by molar-refractivity contribution is 5.30. The van der Waals surface area contributed by atoms with E-state index in [1.165, 1.54) is 24.0 Å². The number of hydrogen-bond acceptors (Lipinski definition) is 3. The van der Waals surface area contributed by atoms with Gasteiger partial charge in [-0.15, -0.1) is 0 Å². The van der Waals surface area contributed by atoms with Crippen LogP contribution in [-0.4, -0.2) is 32.1 Å². The molecule has 0 aromatic heterocycles. The van der Waals surface area contributed by atoms with Gasteiger partial charge >= 0.3 is 0 Å². The van der Waals surface area contributed by atoms with Crippen LogP contribution in [0, 0.1) is 0 Å². The van der Waals surface area contributed by atoms with Gasteiger partial charge < -0.3 is 14.8 Å². The van der Waals surface area contributed by atoms with Gasteiger partial charge in [-0.2, -0.15) is 0 Å². The van der Waals surface area contributed by atoms with Crippen molar-refractivity contribution < 1.29 is 9.47 Å². The van der Waals surface area contributed by atoms with E-state index in [1.807, 2.05) is 0 Å². The van der Waals surface area contributed by atoms with Gasteiger partial charge in [-0.3, -0.25) is 0 Å². The Hall–Kier alpha value is -0.900. The first-order valence-electron chi connectivity index (χ1n) is 6.91. The van der Waals surface area contributed by atoms with Crippen LogP contribution in [0.15, 0.2) is 24.3 Å². The van der Waals surface area contributed by atoms with Gasteiger partial charge in [0.05, 0.1) is 12.7 Å². The molecule has 1 aromatic rings. The van der Waals surface area contributed by atoms with Gasteiger partial charge in [0, 0.05) is 12.6 Å². The van der Waals surface area contributed by atoms with E-state index in [1.54, 1.807) is 0 Å². The van der Waals surface area contributed by atoms with Crippen LogP contribution in [-0.2, 0) is 22.3 Å². The maximum absolute atomic E-state index is 5.55. The van der Waals surface area contributed by atoms with Crippen LogP contribution in [0.1, 0.15) is 24.0 Å². The van der Waals surface area contributed by atoms with Crippen molar-refractivity contribution in [2.45, 2.75) is 37.8 Å². The summed E-state index contributed by atoms with van der Waals surface area (Å²) in [5.41, 5.74) is 3.03. The summed E-state index contributed by atoms with van der Waals surface area (Å²) in [4.78, 5) is 0. The molecule has 2 atom stereocenters. The molecule has 1 N–H and O–H groups in total. The summed E-state index contributed by atoms with van der Waals surface area (Å²) in [6.45, 7) is 2.25. The normalized spacial score (nSPS) is 27.8. The molecule has 3 nitrogen and oxygen atoms in total. The summed E-state index contributed by atoms with van der Waals surface area (Å²) in [7, 11) is 0. The Balaban J connectivity index is 1.50. The highest BCUT2D eigenvalue weighted by atomic mass is 16.7. The molecule has 0 saturated carbocycles. The summed E-state index contributed by atoms with van der Waals surface area (Å²) < 4.78 is 10.7. The maximum Gasteiger partial charge on any atom is 0.147 e. The second-order valence-corrected chi connectivity index (χ2v) is 5.22. The molecule has 1 aliphatic carbocycles. The summed E-state index contributed by atoms with van der Waals surface area (Å²) in [6.07, 6.45) is 4.93. The van der Waals surface area contributed by atoms with Crippen molar-refractivity contribution in [3.05, 3.63) is 35.4 Å². The molecule has 98 valence electrons. The van der Waals surface area contributed by atoms with Crippen LogP contribution in [0.5, 0.6) is 0 Å². The molecule has 1 aromatic carbocycles. The Kier molecular flexibility index (Phi) is 3.93. The number of fused-ring (bicyclic) bond motifs is 1. The molecular weight excluding hydrogens is 226 g/mol. The van der Waals surface area contributed by atoms with Gasteiger partial charge in [0.1, 0.15) is 6.79 Å². The first-order chi connectivity index (χ1) is 8.92. The summed E-state index contributed by atoms with van der Waals surface area (Å²) in [5, 5.41) is 3.65. The fourth-order valence-corrected chi connectivity index (χ4v) is 2.83. The van der Waals surface area contributed by atoms with Crippen molar-refractivity contribution in [3.63, 3.8) is 0 Å². The van der Waals surface area contributed by atoms with E-state index in [9.17, 15) is 0 Å². The second kappa shape index (κ2) is 5.83. The molecule has 0 spiro atoms. The molecule has 1 heterocycles. The molecule has 0 bridgehead atoms. The van der Waals surface area contributed by atoms with Crippen LogP contribution in [0.4, 0.5) is 0 Å². The van der Waals surface area contributed by atoms with Gasteiger partial charge in [-0.25, -0.2) is 0 Å². The molecule has 1 saturated heterocycles. The fraction of sp³-hybridized carbons (Fsp3) is 0.600. The molecular formula is C15H21NO2. The van der Waals surface area contributed by atoms with Crippen LogP contribution < -0.4 is 5.32 Å². The highest BCUT2D eigenvalue weighted by Gasteiger charge is 2.20. The Morgan fingerprint density at radius 1 is 1.17 bits per heavy atom. The summed E-state index contributed by atoms with van der Waals surface area (Å²) in [6, 6.07) is 9.40. The van der Waals surface area contributed by atoms with Crippen molar-refractivity contribution in [2.24, 2.45) is 0 Å². The Morgan fingerprint density at radius 2 is 2.06 bits per heavy atom. The number of hydrogen-bond donors (Lipinski definition) is 1. The maximum atomic E-state index is 5.55. The van der Waals surface area contributed by atoms with Crippen LogP contribution >= 0.6 is 0 Å². The highest BCUT2D eigenvalue weighted by Crippen LogP contribution is 2.21. The average Bonchev–Trinajstić information content (AvgIpc) is 2.46. The monoisotopic (exact) mass is 247 g/mol. The smallest absolute Gasteiger partial charge is 0.147 e. The Bertz CT molecular complexity index is 388. The molecule has 0 amide bonds. The van der Waals surface area contributed by atoms with Gasteiger partial charge in [0.25, 0.3) is 0 Å². The predicted octanol–water partition coefficient (Wildman–Crippen LogP) is 1.90. The van der Waals surface area contributed by atoms with Crippen molar-refractivity contribution >= 4 is 0 Å². The zero-order valence-corrected chi connectivity index (χ0v) is 10.7. The van der Waals surface area contributed by atoms with Crippen LogP contribution in [0.2, 0.25) is 0 Å². The van der Waals surface area contributed by atoms with E-state index in [0.29, 0.717) is 18.9 Å². The summed E-state index contributed by atoms with van der Waals surface area (Å²) in [5.74, 6) is 0. The van der Waals surface area contributed by atoms with E-state index in [4.69, 9.17) is 9.47 Å². The Morgan fingerprint density at radius 3 is 2.89 bits per heavy atom. The van der Waals surface area contributed by atoms with Crippen molar-refractivity contribution in [2.75, 3.05) is 19.9 Å². The minimum Gasteiger partial charge on any atom is -0.355 e. The largest absolute Gasteiger partial charge is 0.355 e. The molecule has 3 heteroatoms. The van der Waals surface area contributed by atoms with Crippen molar-refractivity contribution in [1.82, 2.24) is 5.32 Å². The van der Waals surface area contributed by atoms with E-state index >= 15 is 0 Å². The minimum atomic E-state index is 0.330. The lowest BCUT2D eigenvalue weighted by molar-refractivity contribution is -0.137. The number of benzene rings is 1. The topological polar surface area (TPSA) is 30.5 Å². The predicted molar refractivity (Wildman–Crippen MR) is 70.6 cm³/mol. The third-order valence-electron chi connectivity index (χ3n) is 3.95. The molecule has 1 aliphatic heterocycles. The third kappa shape index (κ3) is 2.91. The zero-order chi connectivity index (χ0) is 12.2. The lowest BCUT2D eigenvalue weighted by Gasteiger charge is -2.29. The van der Waals surface area contributed by atoms with E-state index in [-0.39, 0.29) is 0 Å². The lowest BCUT2D eigenvalue weighted by Crippen LogP contribution is -2.41.